The number of nitrogens with two attached hydrogens (primary N) is 1. The molecule has 0 bridgehead atoms. The Labute approximate surface area is 169 Å². The van der Waals surface area contributed by atoms with Gasteiger partial charge in [0.05, 0.1) is 23.2 Å². The summed E-state index contributed by atoms with van der Waals surface area (Å²) in [6.07, 6.45) is 1.23. The summed E-state index contributed by atoms with van der Waals surface area (Å²) in [5.74, 6) is -1.28. The van der Waals surface area contributed by atoms with E-state index in [9.17, 15) is 18.0 Å². The molecule has 2 amide bonds. The number of primary amides is 1. The summed E-state index contributed by atoms with van der Waals surface area (Å²) in [4.78, 5) is 24.6. The third-order valence-corrected chi connectivity index (χ3v) is 5.59. The lowest BCUT2D eigenvalue weighted by molar-refractivity contribution is -0.117. The lowest BCUT2D eigenvalue weighted by Gasteiger charge is -2.31. The second-order valence-corrected chi connectivity index (χ2v) is 8.61. The molecule has 9 heteroatoms. The lowest BCUT2D eigenvalue weighted by atomic mass is 10.1. The highest BCUT2D eigenvalue weighted by atomic mass is 35.5. The Morgan fingerprint density at radius 2 is 1.86 bits per heavy atom. The third-order valence-electron chi connectivity index (χ3n) is 4.19. The Hall–Kier alpha value is -2.58. The maximum atomic E-state index is 13.0. The first-order valence-electron chi connectivity index (χ1n) is 8.51. The summed E-state index contributed by atoms with van der Waals surface area (Å²) in [5, 5.41) is 2.97. The number of rotatable bonds is 7. The lowest BCUT2D eigenvalue weighted by Crippen LogP contribution is -2.47. The summed E-state index contributed by atoms with van der Waals surface area (Å²) < 4.78 is 26.2. The maximum Gasteiger partial charge on any atom is 0.250 e. The van der Waals surface area contributed by atoms with Gasteiger partial charge in [-0.1, -0.05) is 36.7 Å². The number of aryl methyl sites for hydroxylation is 1. The standard InChI is InChI=1S/C19H22ClN3O4S/c1-4-16(19(25)22-15-8-6-5-7-14(15)18(21)24)23(28(3,26)27)17-11-13(20)10-9-12(17)2/h5-11,16H,4H2,1-3H3,(H2,21,24)(H,22,25)/t16-/m0/s1. The summed E-state index contributed by atoms with van der Waals surface area (Å²) in [7, 11) is -3.81. The van der Waals surface area contributed by atoms with E-state index >= 15 is 0 Å². The number of amides is 2. The average molecular weight is 424 g/mol. The fourth-order valence-corrected chi connectivity index (χ4v) is 4.31. The summed E-state index contributed by atoms with van der Waals surface area (Å²) >= 11 is 6.05. The van der Waals surface area contributed by atoms with Gasteiger partial charge < -0.3 is 11.1 Å². The molecule has 3 N–H and O–H groups in total. The van der Waals surface area contributed by atoms with Gasteiger partial charge in [0.1, 0.15) is 6.04 Å². The van der Waals surface area contributed by atoms with Gasteiger partial charge in [-0.3, -0.25) is 13.9 Å². The van der Waals surface area contributed by atoms with Crippen LogP contribution in [0, 0.1) is 6.92 Å². The highest BCUT2D eigenvalue weighted by molar-refractivity contribution is 7.92. The van der Waals surface area contributed by atoms with Crippen LogP contribution in [0.3, 0.4) is 0 Å². The molecule has 7 nitrogen and oxygen atoms in total. The van der Waals surface area contributed by atoms with Gasteiger partial charge in [-0.2, -0.15) is 0 Å². The highest BCUT2D eigenvalue weighted by Gasteiger charge is 2.33. The minimum Gasteiger partial charge on any atom is -0.366 e. The van der Waals surface area contributed by atoms with E-state index in [2.05, 4.69) is 5.32 Å². The predicted molar refractivity (Wildman–Crippen MR) is 111 cm³/mol. The van der Waals surface area contributed by atoms with E-state index in [1.807, 2.05) is 0 Å². The predicted octanol–water partition coefficient (Wildman–Crippen LogP) is 2.93. The molecule has 0 saturated heterocycles. The number of para-hydroxylation sites is 1. The van der Waals surface area contributed by atoms with Crippen molar-refractivity contribution < 1.29 is 18.0 Å². The minimum absolute atomic E-state index is 0.135. The van der Waals surface area contributed by atoms with Gasteiger partial charge in [0.15, 0.2) is 0 Å². The second-order valence-electron chi connectivity index (χ2n) is 6.31. The molecule has 0 radical (unpaired) electrons. The number of hydrogen-bond donors (Lipinski definition) is 2. The van der Waals surface area contributed by atoms with Crippen molar-refractivity contribution in [3.8, 4) is 0 Å². The van der Waals surface area contributed by atoms with E-state index in [1.54, 1.807) is 38.1 Å². The molecule has 0 fully saturated rings. The molecule has 1 atom stereocenters. The largest absolute Gasteiger partial charge is 0.366 e. The van der Waals surface area contributed by atoms with Crippen LogP contribution < -0.4 is 15.4 Å². The number of anilines is 2. The topological polar surface area (TPSA) is 110 Å². The van der Waals surface area contributed by atoms with Crippen LogP contribution >= 0.6 is 11.6 Å². The summed E-state index contributed by atoms with van der Waals surface area (Å²) in [6, 6.07) is 10.0. The van der Waals surface area contributed by atoms with E-state index in [-0.39, 0.29) is 17.7 Å². The number of carbonyl (C=O) groups is 2. The molecule has 2 rings (SSSR count). The molecule has 0 unspecified atom stereocenters. The van der Waals surface area contributed by atoms with Gasteiger partial charge >= 0.3 is 0 Å². The normalized spacial score (nSPS) is 12.3. The van der Waals surface area contributed by atoms with Crippen LogP contribution in [-0.2, 0) is 14.8 Å². The quantitative estimate of drug-likeness (QED) is 0.713. The molecule has 0 aliphatic carbocycles. The van der Waals surface area contributed by atoms with Crippen LogP contribution in [0.4, 0.5) is 11.4 Å². The Bertz CT molecular complexity index is 1010. The number of nitrogens with one attached hydrogen (secondary N) is 1. The molecular formula is C19H22ClN3O4S. The molecule has 2 aromatic carbocycles. The van der Waals surface area contributed by atoms with Crippen LogP contribution in [-0.4, -0.2) is 32.5 Å². The minimum atomic E-state index is -3.81. The first-order valence-corrected chi connectivity index (χ1v) is 10.7. The number of sulfonamides is 1. The molecular weight excluding hydrogens is 402 g/mol. The maximum absolute atomic E-state index is 13.0. The molecule has 0 heterocycles. The Kier molecular flexibility index (Phi) is 6.69. The van der Waals surface area contributed by atoms with Crippen molar-refractivity contribution in [3.05, 3.63) is 58.6 Å². The average Bonchev–Trinajstić information content (AvgIpc) is 2.61. The van der Waals surface area contributed by atoms with Crippen molar-refractivity contribution in [2.24, 2.45) is 5.73 Å². The number of nitrogens with zero attached hydrogens (tertiary/aromatic N) is 1. The van der Waals surface area contributed by atoms with Crippen LogP contribution in [0.1, 0.15) is 29.3 Å². The third kappa shape index (κ3) is 4.82. The van der Waals surface area contributed by atoms with Crippen molar-refractivity contribution in [3.63, 3.8) is 0 Å². The highest BCUT2D eigenvalue weighted by Crippen LogP contribution is 2.29. The molecule has 0 saturated carbocycles. The smallest absolute Gasteiger partial charge is 0.250 e. The summed E-state index contributed by atoms with van der Waals surface area (Å²) in [5.41, 5.74) is 6.67. The second kappa shape index (κ2) is 8.62. The monoisotopic (exact) mass is 423 g/mol. The van der Waals surface area contributed by atoms with Crippen molar-refractivity contribution >= 4 is 44.8 Å². The van der Waals surface area contributed by atoms with Crippen molar-refractivity contribution in [2.75, 3.05) is 15.9 Å². The SMILES string of the molecule is CC[C@@H](C(=O)Nc1ccccc1C(N)=O)N(c1cc(Cl)ccc1C)S(C)(=O)=O. The van der Waals surface area contributed by atoms with E-state index < -0.39 is 27.9 Å². The van der Waals surface area contributed by atoms with Crippen molar-refractivity contribution in [2.45, 2.75) is 26.3 Å². The van der Waals surface area contributed by atoms with Gasteiger partial charge in [0, 0.05) is 5.02 Å². The fraction of sp³-hybridized carbons (Fsp3) is 0.263. The van der Waals surface area contributed by atoms with Crippen LogP contribution in [0.5, 0.6) is 0 Å². The van der Waals surface area contributed by atoms with Crippen molar-refractivity contribution in [1.29, 1.82) is 0 Å². The molecule has 0 aliphatic heterocycles. The van der Waals surface area contributed by atoms with Gasteiger partial charge in [-0.25, -0.2) is 8.42 Å². The Balaban J connectivity index is 2.49. The Morgan fingerprint density at radius 3 is 2.43 bits per heavy atom. The van der Waals surface area contributed by atoms with E-state index in [0.29, 0.717) is 16.3 Å². The summed E-state index contributed by atoms with van der Waals surface area (Å²) in [6.45, 7) is 3.43. The van der Waals surface area contributed by atoms with Gasteiger partial charge in [-0.15, -0.1) is 0 Å². The molecule has 0 aromatic heterocycles. The first-order chi connectivity index (χ1) is 13.1. The Morgan fingerprint density at radius 1 is 1.21 bits per heavy atom. The van der Waals surface area contributed by atoms with E-state index in [0.717, 1.165) is 10.6 Å². The van der Waals surface area contributed by atoms with E-state index in [4.69, 9.17) is 17.3 Å². The first kappa shape index (κ1) is 21.7. The van der Waals surface area contributed by atoms with Crippen LogP contribution in [0.25, 0.3) is 0 Å². The molecule has 0 spiro atoms. The van der Waals surface area contributed by atoms with Crippen LogP contribution in [0.15, 0.2) is 42.5 Å². The van der Waals surface area contributed by atoms with Crippen LogP contribution in [0.2, 0.25) is 5.02 Å². The van der Waals surface area contributed by atoms with Gasteiger partial charge in [0.25, 0.3) is 5.91 Å². The number of hydrogen-bond acceptors (Lipinski definition) is 4. The number of benzene rings is 2. The van der Waals surface area contributed by atoms with E-state index in [1.165, 1.54) is 18.2 Å². The van der Waals surface area contributed by atoms with Gasteiger partial charge in [0.2, 0.25) is 15.9 Å². The molecule has 2 aromatic rings. The van der Waals surface area contributed by atoms with Gasteiger partial charge in [-0.05, 0) is 43.2 Å². The molecule has 28 heavy (non-hydrogen) atoms. The zero-order valence-electron chi connectivity index (χ0n) is 15.8. The van der Waals surface area contributed by atoms with Crippen molar-refractivity contribution in [1.82, 2.24) is 0 Å². The molecule has 0 aliphatic rings. The zero-order valence-corrected chi connectivity index (χ0v) is 17.3. The number of carbonyl (C=O) groups excluding carboxylic acids is 2. The fourth-order valence-electron chi connectivity index (χ4n) is 2.88. The molecule has 150 valence electrons. The zero-order chi connectivity index (χ0) is 21.1. The number of halogens is 1.